The van der Waals surface area contributed by atoms with Gasteiger partial charge in [-0.05, 0) is 32.6 Å². The van der Waals surface area contributed by atoms with Crippen LogP contribution in [0.3, 0.4) is 0 Å². The van der Waals surface area contributed by atoms with E-state index < -0.39 is 0 Å². The van der Waals surface area contributed by atoms with Crippen molar-refractivity contribution >= 4 is 5.97 Å². The van der Waals surface area contributed by atoms with Gasteiger partial charge in [-0.15, -0.1) is 0 Å². The molecule has 0 bridgehead atoms. The first kappa shape index (κ1) is 20.2. The molecule has 0 saturated heterocycles. The van der Waals surface area contributed by atoms with E-state index in [1.165, 1.54) is 57.8 Å². The molecule has 2 nitrogen and oxygen atoms in total. The van der Waals surface area contributed by atoms with Crippen molar-refractivity contribution < 1.29 is 9.53 Å². The topological polar surface area (TPSA) is 26.3 Å². The summed E-state index contributed by atoms with van der Waals surface area (Å²) in [5.41, 5.74) is 0. The van der Waals surface area contributed by atoms with Crippen LogP contribution in [0.4, 0.5) is 0 Å². The molecular formula is C19H36O2. The van der Waals surface area contributed by atoms with Gasteiger partial charge in [0.25, 0.3) is 0 Å². The fraction of sp³-hybridized carbons (Fsp3) is 0.842. The van der Waals surface area contributed by atoms with Gasteiger partial charge in [-0.1, -0.05) is 70.4 Å². The molecule has 2 heteroatoms. The minimum atomic E-state index is -0.00965. The second-order valence-corrected chi connectivity index (χ2v) is 5.86. The van der Waals surface area contributed by atoms with Crippen molar-refractivity contribution in [3.05, 3.63) is 12.2 Å². The zero-order valence-electron chi connectivity index (χ0n) is 14.4. The van der Waals surface area contributed by atoms with Crippen LogP contribution in [-0.4, -0.2) is 12.6 Å². The van der Waals surface area contributed by atoms with Crippen LogP contribution >= 0.6 is 0 Å². The summed E-state index contributed by atoms with van der Waals surface area (Å²) in [6.07, 6.45) is 19.9. The zero-order valence-corrected chi connectivity index (χ0v) is 14.4. The predicted molar refractivity (Wildman–Crippen MR) is 91.5 cm³/mol. The van der Waals surface area contributed by atoms with E-state index in [4.69, 9.17) is 4.74 Å². The summed E-state index contributed by atoms with van der Waals surface area (Å²) in [6.45, 7) is 4.80. The third kappa shape index (κ3) is 17.2. The Hall–Kier alpha value is -0.790. The number of esters is 1. The van der Waals surface area contributed by atoms with Gasteiger partial charge in [0, 0.05) is 6.42 Å². The Balaban J connectivity index is 3.10. The lowest BCUT2D eigenvalue weighted by atomic mass is 10.1. The Bertz CT molecular complexity index is 246. The van der Waals surface area contributed by atoms with Gasteiger partial charge in [-0.25, -0.2) is 0 Å². The molecule has 21 heavy (non-hydrogen) atoms. The number of carbonyl (C=O) groups excluding carboxylic acids is 1. The molecule has 0 heterocycles. The summed E-state index contributed by atoms with van der Waals surface area (Å²) in [5.74, 6) is -0.00965. The lowest BCUT2D eigenvalue weighted by Crippen LogP contribution is -2.05. The van der Waals surface area contributed by atoms with Gasteiger partial charge in [0.1, 0.15) is 0 Å². The van der Waals surface area contributed by atoms with Crippen LogP contribution in [0, 0.1) is 0 Å². The quantitative estimate of drug-likeness (QED) is 0.204. The molecule has 0 atom stereocenters. The maximum absolute atomic E-state index is 11.4. The fourth-order valence-corrected chi connectivity index (χ4v) is 2.34. The van der Waals surface area contributed by atoms with Crippen molar-refractivity contribution in [2.24, 2.45) is 0 Å². The highest BCUT2D eigenvalue weighted by atomic mass is 16.5. The van der Waals surface area contributed by atoms with Gasteiger partial charge in [0.05, 0.1) is 6.61 Å². The second kappa shape index (κ2) is 17.3. The molecule has 0 aromatic rings. The highest BCUT2D eigenvalue weighted by Crippen LogP contribution is 2.11. The van der Waals surface area contributed by atoms with Crippen molar-refractivity contribution in [1.82, 2.24) is 0 Å². The maximum Gasteiger partial charge on any atom is 0.305 e. The lowest BCUT2D eigenvalue weighted by molar-refractivity contribution is -0.143. The molecule has 0 aliphatic heterocycles. The average Bonchev–Trinajstić information content (AvgIpc) is 2.48. The van der Waals surface area contributed by atoms with Gasteiger partial charge in [0.2, 0.25) is 0 Å². The number of rotatable bonds is 15. The summed E-state index contributed by atoms with van der Waals surface area (Å²) in [7, 11) is 0. The van der Waals surface area contributed by atoms with Crippen LogP contribution < -0.4 is 0 Å². The molecule has 0 saturated carbocycles. The van der Waals surface area contributed by atoms with E-state index in [1.807, 2.05) is 0 Å². The largest absolute Gasteiger partial charge is 0.466 e. The lowest BCUT2D eigenvalue weighted by Gasteiger charge is -2.04. The Kier molecular flexibility index (Phi) is 16.6. The minimum Gasteiger partial charge on any atom is -0.466 e. The first-order chi connectivity index (χ1) is 10.3. The van der Waals surface area contributed by atoms with Crippen LogP contribution in [0.1, 0.15) is 97.3 Å². The molecule has 0 radical (unpaired) electrons. The van der Waals surface area contributed by atoms with E-state index in [2.05, 4.69) is 26.0 Å². The normalized spacial score (nSPS) is 11.1. The van der Waals surface area contributed by atoms with E-state index >= 15 is 0 Å². The zero-order chi connectivity index (χ0) is 15.6. The predicted octanol–water partition coefficient (Wildman–Crippen LogP) is 6.20. The number of allylic oxidation sites excluding steroid dienone is 2. The van der Waals surface area contributed by atoms with Crippen LogP contribution in [0.25, 0.3) is 0 Å². The fourth-order valence-electron chi connectivity index (χ4n) is 2.34. The second-order valence-electron chi connectivity index (χ2n) is 5.86. The van der Waals surface area contributed by atoms with Crippen molar-refractivity contribution in [2.45, 2.75) is 97.3 Å². The number of hydrogen-bond donors (Lipinski definition) is 0. The molecule has 0 N–H and O–H groups in total. The highest BCUT2D eigenvalue weighted by Gasteiger charge is 2.01. The highest BCUT2D eigenvalue weighted by molar-refractivity contribution is 5.69. The number of carbonyl (C=O) groups is 1. The molecule has 0 aromatic carbocycles. The van der Waals surface area contributed by atoms with Gasteiger partial charge >= 0.3 is 5.97 Å². The van der Waals surface area contributed by atoms with Crippen LogP contribution in [0.15, 0.2) is 12.2 Å². The third-order valence-corrected chi connectivity index (χ3v) is 3.75. The Morgan fingerprint density at radius 3 is 2.00 bits per heavy atom. The Morgan fingerprint density at radius 2 is 1.43 bits per heavy atom. The first-order valence-electron chi connectivity index (χ1n) is 9.08. The molecule has 124 valence electrons. The summed E-state index contributed by atoms with van der Waals surface area (Å²) in [4.78, 5) is 11.4. The summed E-state index contributed by atoms with van der Waals surface area (Å²) in [6, 6.07) is 0. The van der Waals surface area contributed by atoms with Crippen LogP contribution in [0.2, 0.25) is 0 Å². The number of ether oxygens (including phenoxy) is 1. The van der Waals surface area contributed by atoms with E-state index in [9.17, 15) is 4.79 Å². The van der Waals surface area contributed by atoms with Crippen LogP contribution in [-0.2, 0) is 9.53 Å². The molecule has 0 aromatic heterocycles. The van der Waals surface area contributed by atoms with Gasteiger partial charge in [-0.2, -0.15) is 0 Å². The van der Waals surface area contributed by atoms with Gasteiger partial charge < -0.3 is 4.74 Å². The average molecular weight is 296 g/mol. The van der Waals surface area contributed by atoms with Crippen molar-refractivity contribution in [1.29, 1.82) is 0 Å². The standard InChI is InChI=1S/C19H36O2/c1-3-5-7-8-9-10-11-12-13-14-15-16-17-19(20)21-18-6-4-2/h3,5H,4,6-18H2,1-2H3/b5-3+. The molecule has 0 rings (SSSR count). The van der Waals surface area contributed by atoms with E-state index in [1.54, 1.807) is 0 Å². The maximum atomic E-state index is 11.4. The monoisotopic (exact) mass is 296 g/mol. The Labute approximate surface area is 132 Å². The van der Waals surface area contributed by atoms with Crippen molar-refractivity contribution in [3.8, 4) is 0 Å². The molecule has 0 amide bonds. The first-order valence-corrected chi connectivity index (χ1v) is 9.08. The minimum absolute atomic E-state index is 0.00965. The van der Waals surface area contributed by atoms with E-state index in [-0.39, 0.29) is 5.97 Å². The molecule has 0 fully saturated rings. The SMILES string of the molecule is C/C=C/CCCCCCCCCCCC(=O)OCCCC. The summed E-state index contributed by atoms with van der Waals surface area (Å²) >= 11 is 0. The molecule has 0 aliphatic rings. The van der Waals surface area contributed by atoms with E-state index in [0.29, 0.717) is 13.0 Å². The molecule has 0 spiro atoms. The van der Waals surface area contributed by atoms with Gasteiger partial charge in [0.15, 0.2) is 0 Å². The van der Waals surface area contributed by atoms with E-state index in [0.717, 1.165) is 19.3 Å². The number of unbranched alkanes of at least 4 members (excludes halogenated alkanes) is 10. The number of hydrogen-bond acceptors (Lipinski definition) is 2. The smallest absolute Gasteiger partial charge is 0.305 e. The summed E-state index contributed by atoms with van der Waals surface area (Å²) < 4.78 is 5.14. The third-order valence-electron chi connectivity index (χ3n) is 3.75. The van der Waals surface area contributed by atoms with Gasteiger partial charge in [-0.3, -0.25) is 4.79 Å². The molecule has 0 aliphatic carbocycles. The molecular weight excluding hydrogens is 260 g/mol. The Morgan fingerprint density at radius 1 is 0.857 bits per heavy atom. The summed E-state index contributed by atoms with van der Waals surface area (Å²) in [5, 5.41) is 0. The van der Waals surface area contributed by atoms with Crippen LogP contribution in [0.5, 0.6) is 0 Å². The van der Waals surface area contributed by atoms with Crippen molar-refractivity contribution in [3.63, 3.8) is 0 Å². The molecule has 0 unspecified atom stereocenters. The van der Waals surface area contributed by atoms with Crippen molar-refractivity contribution in [2.75, 3.05) is 6.61 Å².